The van der Waals surface area contributed by atoms with Gasteiger partial charge >= 0.3 is 5.97 Å². The maximum Gasteiger partial charge on any atom is 0.306 e. The second-order valence-electron chi connectivity index (χ2n) is 6.24. The predicted molar refractivity (Wildman–Crippen MR) is 115 cm³/mol. The zero-order chi connectivity index (χ0) is 19.4. The molecule has 1 heterocycles. The molecule has 0 fully saturated rings. The van der Waals surface area contributed by atoms with Crippen LogP contribution < -0.4 is 0 Å². The summed E-state index contributed by atoms with van der Waals surface area (Å²) in [5.74, 6) is 0.455. The number of hydrogen-bond acceptors (Lipinski definition) is 3. The first-order valence-corrected chi connectivity index (χ1v) is 10.9. The zero-order valence-corrected chi connectivity index (χ0v) is 17.5. The number of ether oxygens (including phenoxy) is 1. The number of esters is 1. The van der Waals surface area contributed by atoms with Crippen LogP contribution in [0.1, 0.15) is 36.0 Å². The fourth-order valence-corrected chi connectivity index (χ4v) is 4.45. The maximum atomic E-state index is 12.3. The first kappa shape index (κ1) is 20.1. The third-order valence-electron chi connectivity index (χ3n) is 4.52. The van der Waals surface area contributed by atoms with E-state index in [9.17, 15) is 4.79 Å². The van der Waals surface area contributed by atoms with Crippen LogP contribution in [0.2, 0.25) is 10.0 Å². The standard InChI is InChI=1S/C21H21Cl2NO2S/c1-3-26-20(25)10-17(15-8-7-14(22)9-19(15)23)18-11-24-21-13(12-27-2)5-4-6-16(18)21/h4-9,11,17,24H,3,10,12H2,1-2H3. The fraction of sp³-hybridized carbons (Fsp3) is 0.286. The van der Waals surface area contributed by atoms with Gasteiger partial charge in [-0.3, -0.25) is 4.79 Å². The molecule has 0 aliphatic heterocycles. The van der Waals surface area contributed by atoms with Crippen molar-refractivity contribution < 1.29 is 9.53 Å². The number of aromatic amines is 1. The number of benzene rings is 2. The highest BCUT2D eigenvalue weighted by Gasteiger charge is 2.24. The molecule has 3 aromatic rings. The highest BCUT2D eigenvalue weighted by molar-refractivity contribution is 7.97. The highest BCUT2D eigenvalue weighted by Crippen LogP contribution is 2.38. The van der Waals surface area contributed by atoms with E-state index in [1.54, 1.807) is 23.9 Å². The van der Waals surface area contributed by atoms with Crippen molar-refractivity contribution in [3.8, 4) is 0 Å². The minimum absolute atomic E-state index is 0.216. The van der Waals surface area contributed by atoms with E-state index in [1.807, 2.05) is 19.2 Å². The van der Waals surface area contributed by atoms with Gasteiger partial charge in [0, 0.05) is 38.8 Å². The van der Waals surface area contributed by atoms with Gasteiger partial charge in [-0.2, -0.15) is 11.8 Å². The van der Waals surface area contributed by atoms with Gasteiger partial charge in [-0.15, -0.1) is 0 Å². The van der Waals surface area contributed by atoms with E-state index in [4.69, 9.17) is 27.9 Å². The molecule has 0 saturated carbocycles. The summed E-state index contributed by atoms with van der Waals surface area (Å²) in [6.07, 6.45) is 4.28. The van der Waals surface area contributed by atoms with Crippen LogP contribution in [-0.4, -0.2) is 23.8 Å². The van der Waals surface area contributed by atoms with E-state index in [0.717, 1.165) is 27.8 Å². The molecule has 0 aliphatic rings. The summed E-state index contributed by atoms with van der Waals surface area (Å²) in [5, 5.41) is 2.22. The molecule has 1 atom stereocenters. The Balaban J connectivity index is 2.11. The summed E-state index contributed by atoms with van der Waals surface area (Å²) in [5.41, 5.74) is 4.24. The number of carbonyl (C=O) groups excluding carboxylic acids is 1. The van der Waals surface area contributed by atoms with E-state index in [1.165, 1.54) is 5.56 Å². The Labute approximate surface area is 173 Å². The van der Waals surface area contributed by atoms with Crippen molar-refractivity contribution in [2.45, 2.75) is 25.0 Å². The lowest BCUT2D eigenvalue weighted by molar-refractivity contribution is -0.143. The van der Waals surface area contributed by atoms with Gasteiger partial charge in [-0.05, 0) is 42.0 Å². The molecule has 0 aliphatic carbocycles. The lowest BCUT2D eigenvalue weighted by Crippen LogP contribution is -2.12. The molecule has 3 rings (SSSR count). The summed E-state index contributed by atoms with van der Waals surface area (Å²) in [7, 11) is 0. The Hall–Kier alpha value is -1.62. The van der Waals surface area contributed by atoms with Crippen LogP contribution in [0.3, 0.4) is 0 Å². The Morgan fingerprint density at radius 3 is 2.74 bits per heavy atom. The number of para-hydroxylation sites is 1. The average molecular weight is 422 g/mol. The smallest absolute Gasteiger partial charge is 0.306 e. The van der Waals surface area contributed by atoms with Crippen LogP contribution in [-0.2, 0) is 15.3 Å². The van der Waals surface area contributed by atoms with E-state index in [0.29, 0.717) is 16.7 Å². The van der Waals surface area contributed by atoms with Crippen molar-refractivity contribution >= 4 is 51.8 Å². The third kappa shape index (κ3) is 4.45. The molecular weight excluding hydrogens is 401 g/mol. The topological polar surface area (TPSA) is 42.1 Å². The minimum atomic E-state index is -0.247. The Morgan fingerprint density at radius 1 is 1.22 bits per heavy atom. The van der Waals surface area contributed by atoms with Gasteiger partial charge < -0.3 is 9.72 Å². The van der Waals surface area contributed by atoms with Crippen molar-refractivity contribution in [1.29, 1.82) is 0 Å². The normalized spacial score (nSPS) is 12.3. The van der Waals surface area contributed by atoms with Crippen molar-refractivity contribution in [3.05, 3.63) is 69.3 Å². The SMILES string of the molecule is CCOC(=O)CC(c1ccc(Cl)cc1Cl)c1c[nH]c2c(CSC)cccc12. The molecule has 0 saturated heterocycles. The van der Waals surface area contributed by atoms with Crippen molar-refractivity contribution in [2.75, 3.05) is 12.9 Å². The molecule has 27 heavy (non-hydrogen) atoms. The number of halogens is 2. The second kappa shape index (κ2) is 9.05. The van der Waals surface area contributed by atoms with Gasteiger partial charge in [0.15, 0.2) is 0 Å². The Bertz CT molecular complexity index is 955. The lowest BCUT2D eigenvalue weighted by atomic mass is 9.88. The molecule has 1 N–H and O–H groups in total. The van der Waals surface area contributed by atoms with Crippen LogP contribution in [0.4, 0.5) is 0 Å². The lowest BCUT2D eigenvalue weighted by Gasteiger charge is -2.18. The molecule has 0 amide bonds. The van der Waals surface area contributed by atoms with Crippen molar-refractivity contribution in [2.24, 2.45) is 0 Å². The van der Waals surface area contributed by atoms with E-state index in [-0.39, 0.29) is 18.3 Å². The summed E-state index contributed by atoms with van der Waals surface area (Å²) >= 11 is 14.3. The van der Waals surface area contributed by atoms with Crippen LogP contribution in [0.25, 0.3) is 10.9 Å². The second-order valence-corrected chi connectivity index (χ2v) is 7.95. The van der Waals surface area contributed by atoms with Gasteiger partial charge in [0.1, 0.15) is 0 Å². The molecular formula is C21H21Cl2NO2S. The maximum absolute atomic E-state index is 12.3. The van der Waals surface area contributed by atoms with Crippen LogP contribution in [0.15, 0.2) is 42.6 Å². The predicted octanol–water partition coefficient (Wildman–Crippen LogP) is 6.42. The van der Waals surface area contributed by atoms with E-state index in [2.05, 4.69) is 29.4 Å². The van der Waals surface area contributed by atoms with Crippen LogP contribution >= 0.6 is 35.0 Å². The first-order chi connectivity index (χ1) is 13.0. The largest absolute Gasteiger partial charge is 0.466 e. The quantitative estimate of drug-likeness (QED) is 0.447. The van der Waals surface area contributed by atoms with Gasteiger partial charge in [0.05, 0.1) is 13.0 Å². The Kier molecular flexibility index (Phi) is 6.74. The summed E-state index contributed by atoms with van der Waals surface area (Å²) in [6.45, 7) is 2.16. The number of H-pyrrole nitrogens is 1. The third-order valence-corrected chi connectivity index (χ3v) is 5.69. The van der Waals surface area contributed by atoms with Gasteiger partial charge in [0.2, 0.25) is 0 Å². The average Bonchev–Trinajstić information content (AvgIpc) is 3.06. The summed E-state index contributed by atoms with van der Waals surface area (Å²) in [4.78, 5) is 15.7. The first-order valence-electron chi connectivity index (χ1n) is 8.73. The zero-order valence-electron chi connectivity index (χ0n) is 15.2. The highest BCUT2D eigenvalue weighted by atomic mass is 35.5. The number of carbonyl (C=O) groups is 1. The molecule has 0 radical (unpaired) electrons. The molecule has 0 bridgehead atoms. The van der Waals surface area contributed by atoms with Crippen molar-refractivity contribution in [3.63, 3.8) is 0 Å². The van der Waals surface area contributed by atoms with E-state index < -0.39 is 0 Å². The Morgan fingerprint density at radius 2 is 2.04 bits per heavy atom. The summed E-state index contributed by atoms with van der Waals surface area (Å²) in [6, 6.07) is 11.6. The molecule has 1 aromatic heterocycles. The fourth-order valence-electron chi connectivity index (χ4n) is 3.36. The molecule has 142 valence electrons. The number of rotatable bonds is 7. The molecule has 1 unspecified atom stereocenters. The summed E-state index contributed by atoms with van der Waals surface area (Å²) < 4.78 is 5.21. The number of thioether (sulfide) groups is 1. The van der Waals surface area contributed by atoms with Crippen LogP contribution in [0, 0.1) is 0 Å². The van der Waals surface area contributed by atoms with E-state index >= 15 is 0 Å². The molecule has 0 spiro atoms. The van der Waals surface area contributed by atoms with Crippen LogP contribution in [0.5, 0.6) is 0 Å². The van der Waals surface area contributed by atoms with Crippen molar-refractivity contribution in [1.82, 2.24) is 4.98 Å². The van der Waals surface area contributed by atoms with Gasteiger partial charge in [0.25, 0.3) is 0 Å². The number of aromatic nitrogens is 1. The number of nitrogens with one attached hydrogen (secondary N) is 1. The van der Waals surface area contributed by atoms with Gasteiger partial charge in [-0.25, -0.2) is 0 Å². The number of hydrogen-bond donors (Lipinski definition) is 1. The molecule has 6 heteroatoms. The monoisotopic (exact) mass is 421 g/mol. The molecule has 2 aromatic carbocycles. The van der Waals surface area contributed by atoms with Gasteiger partial charge in [-0.1, -0.05) is 47.5 Å². The number of fused-ring (bicyclic) bond motifs is 1. The molecule has 3 nitrogen and oxygen atoms in total. The minimum Gasteiger partial charge on any atom is -0.466 e.